The Kier molecular flexibility index (Phi) is 29.6. The summed E-state index contributed by atoms with van der Waals surface area (Å²) in [5.41, 5.74) is 0. The summed E-state index contributed by atoms with van der Waals surface area (Å²) < 4.78 is 12.3. The smallest absolute Gasteiger partial charge is 0.308 e. The molecule has 1 N–H and O–H groups in total. The Balaban J connectivity index is 2.82. The average molecular weight is 694 g/mol. The Morgan fingerprint density at radius 1 is 0.551 bits per heavy atom. The van der Waals surface area contributed by atoms with Crippen LogP contribution in [0.5, 0.6) is 0 Å². The molecule has 5 atom stereocenters. The first-order valence-electron chi connectivity index (χ1n) is 21.5. The fraction of sp³-hybridized carbons (Fsp3) is 0.953. The van der Waals surface area contributed by atoms with Gasteiger partial charge in [0.2, 0.25) is 0 Å². The number of aliphatic hydroxyl groups is 1. The van der Waals surface area contributed by atoms with Crippen molar-refractivity contribution in [3.05, 3.63) is 0 Å². The lowest BCUT2D eigenvalue weighted by Crippen LogP contribution is -2.42. The standard InChI is InChI=1S/C43H83NO5/c1-6-10-14-16-18-22-28-39(26-20-12-8-3)42(46)48-35-37-32-38(34-41(33-37)44(5)30-24-25-31-45)36-49-43(47)40(27-21-13-9-4)29-23-19-17-15-11-7-2/h37-41,45H,6-36H2,1-5H3/t37-,38+,39?,40?,41?. The van der Waals surface area contributed by atoms with Gasteiger partial charge in [-0.25, -0.2) is 0 Å². The number of nitrogens with zero attached hydrogens (tertiary/aromatic N) is 1. The predicted molar refractivity (Wildman–Crippen MR) is 207 cm³/mol. The van der Waals surface area contributed by atoms with Gasteiger partial charge in [-0.05, 0) is 83.2 Å². The molecule has 0 radical (unpaired) electrons. The zero-order valence-electron chi connectivity index (χ0n) is 33.3. The van der Waals surface area contributed by atoms with Crippen molar-refractivity contribution in [1.82, 2.24) is 4.90 Å². The van der Waals surface area contributed by atoms with Gasteiger partial charge < -0.3 is 19.5 Å². The highest BCUT2D eigenvalue weighted by Crippen LogP contribution is 2.34. The highest BCUT2D eigenvalue weighted by Gasteiger charge is 2.33. The summed E-state index contributed by atoms with van der Waals surface area (Å²) in [5, 5.41) is 9.33. The molecule has 0 aromatic heterocycles. The molecule has 1 rings (SSSR count). The molecule has 0 saturated heterocycles. The first-order chi connectivity index (χ1) is 23.9. The quantitative estimate of drug-likeness (QED) is 0.0545. The predicted octanol–water partition coefficient (Wildman–Crippen LogP) is 11.5. The van der Waals surface area contributed by atoms with Crippen LogP contribution in [0.1, 0.15) is 201 Å². The molecule has 1 aliphatic rings. The highest BCUT2D eigenvalue weighted by molar-refractivity contribution is 5.72. The van der Waals surface area contributed by atoms with Crippen molar-refractivity contribution in [2.75, 3.05) is 33.4 Å². The Labute approximate surface area is 304 Å². The third-order valence-corrected chi connectivity index (χ3v) is 11.1. The number of rotatable bonds is 33. The number of hydrogen-bond donors (Lipinski definition) is 1. The number of hydrogen-bond acceptors (Lipinski definition) is 6. The van der Waals surface area contributed by atoms with Crippen molar-refractivity contribution >= 4 is 11.9 Å². The van der Waals surface area contributed by atoms with E-state index in [0.29, 0.717) is 19.3 Å². The number of ether oxygens (including phenoxy) is 2. The third kappa shape index (κ3) is 23.1. The van der Waals surface area contributed by atoms with E-state index in [2.05, 4.69) is 39.6 Å². The SMILES string of the molecule is CCCCCCCCC(CCCCC)C(=O)OC[C@@H]1CC(N(C)CCCCO)C[C@H](COC(=O)C(CCCCC)CCCCCCCC)C1. The van der Waals surface area contributed by atoms with Crippen LogP contribution in [0.2, 0.25) is 0 Å². The van der Waals surface area contributed by atoms with Gasteiger partial charge in [0, 0.05) is 12.6 Å². The molecule has 6 nitrogen and oxygen atoms in total. The number of aliphatic hydroxyl groups excluding tert-OH is 1. The van der Waals surface area contributed by atoms with Crippen molar-refractivity contribution < 1.29 is 24.2 Å². The first-order valence-corrected chi connectivity index (χ1v) is 21.5. The second-order valence-electron chi connectivity index (χ2n) is 15.8. The zero-order chi connectivity index (χ0) is 36.0. The number of carbonyl (C=O) groups excluding carboxylic acids is 2. The van der Waals surface area contributed by atoms with Crippen LogP contribution < -0.4 is 0 Å². The van der Waals surface area contributed by atoms with Crippen molar-refractivity contribution in [2.45, 2.75) is 207 Å². The fourth-order valence-electron chi connectivity index (χ4n) is 7.84. The summed E-state index contributed by atoms with van der Waals surface area (Å²) >= 11 is 0. The molecule has 0 heterocycles. The van der Waals surface area contributed by atoms with E-state index in [1.807, 2.05) is 0 Å². The van der Waals surface area contributed by atoms with Gasteiger partial charge in [0.25, 0.3) is 0 Å². The van der Waals surface area contributed by atoms with E-state index < -0.39 is 0 Å². The van der Waals surface area contributed by atoms with Crippen molar-refractivity contribution in [3.8, 4) is 0 Å². The van der Waals surface area contributed by atoms with Crippen LogP contribution in [0.3, 0.4) is 0 Å². The Morgan fingerprint density at radius 2 is 0.918 bits per heavy atom. The third-order valence-electron chi connectivity index (χ3n) is 11.1. The number of unbranched alkanes of at least 4 members (excludes halogenated alkanes) is 15. The maximum absolute atomic E-state index is 13.4. The Hall–Kier alpha value is -1.14. The second kappa shape index (κ2) is 31.6. The minimum absolute atomic E-state index is 0.00989. The van der Waals surface area contributed by atoms with Crippen LogP contribution in [0, 0.1) is 23.7 Å². The van der Waals surface area contributed by atoms with Crippen molar-refractivity contribution in [1.29, 1.82) is 0 Å². The second-order valence-corrected chi connectivity index (χ2v) is 15.8. The lowest BCUT2D eigenvalue weighted by atomic mass is 9.78. The molecule has 0 amide bonds. The van der Waals surface area contributed by atoms with Gasteiger partial charge in [-0.1, -0.05) is 143 Å². The summed E-state index contributed by atoms with van der Waals surface area (Å²) in [6.45, 7) is 11.1. The van der Waals surface area contributed by atoms with Crippen LogP contribution in [-0.4, -0.2) is 61.4 Å². The molecule has 1 fully saturated rings. The molecule has 3 unspecified atom stereocenters. The molecule has 0 aromatic carbocycles. The number of carbonyl (C=O) groups is 2. The van der Waals surface area contributed by atoms with Gasteiger partial charge >= 0.3 is 11.9 Å². The molecule has 6 heteroatoms. The van der Waals surface area contributed by atoms with Crippen LogP contribution in [-0.2, 0) is 19.1 Å². The van der Waals surface area contributed by atoms with Crippen molar-refractivity contribution in [2.24, 2.45) is 23.7 Å². The fourth-order valence-corrected chi connectivity index (χ4v) is 7.84. The molecule has 0 aromatic rings. The first kappa shape index (κ1) is 45.9. The van der Waals surface area contributed by atoms with Crippen LogP contribution in [0.25, 0.3) is 0 Å². The molecule has 290 valence electrons. The van der Waals surface area contributed by atoms with Crippen molar-refractivity contribution in [3.63, 3.8) is 0 Å². The molecule has 0 aliphatic heterocycles. The van der Waals surface area contributed by atoms with Gasteiger partial charge in [0.1, 0.15) is 0 Å². The monoisotopic (exact) mass is 694 g/mol. The molecule has 1 saturated carbocycles. The molecule has 49 heavy (non-hydrogen) atoms. The van der Waals surface area contributed by atoms with E-state index in [4.69, 9.17) is 9.47 Å². The lowest BCUT2D eigenvalue weighted by molar-refractivity contribution is -0.152. The van der Waals surface area contributed by atoms with E-state index in [1.165, 1.54) is 89.9 Å². The van der Waals surface area contributed by atoms with E-state index in [-0.39, 0.29) is 42.2 Å². The zero-order valence-corrected chi connectivity index (χ0v) is 33.3. The van der Waals surface area contributed by atoms with E-state index >= 15 is 0 Å². The Morgan fingerprint density at radius 3 is 1.33 bits per heavy atom. The maximum atomic E-state index is 13.4. The normalized spacial score (nSPS) is 19.2. The van der Waals surface area contributed by atoms with Crippen LogP contribution in [0.4, 0.5) is 0 Å². The average Bonchev–Trinajstić information content (AvgIpc) is 3.11. The van der Waals surface area contributed by atoms with Crippen LogP contribution in [0.15, 0.2) is 0 Å². The lowest BCUT2D eigenvalue weighted by Gasteiger charge is -2.39. The summed E-state index contributed by atoms with van der Waals surface area (Å²) in [6.07, 6.45) is 30.3. The molecular formula is C43H83NO5. The molecular weight excluding hydrogens is 610 g/mol. The minimum atomic E-state index is 0.00989. The Bertz CT molecular complexity index is 721. The van der Waals surface area contributed by atoms with Gasteiger partial charge in [-0.15, -0.1) is 0 Å². The summed E-state index contributed by atoms with van der Waals surface area (Å²) in [6, 6.07) is 0.367. The summed E-state index contributed by atoms with van der Waals surface area (Å²) in [4.78, 5) is 29.3. The van der Waals surface area contributed by atoms with E-state index in [1.54, 1.807) is 0 Å². The van der Waals surface area contributed by atoms with Gasteiger partial charge in [-0.3, -0.25) is 9.59 Å². The molecule has 1 aliphatic carbocycles. The number of esters is 2. The summed E-state index contributed by atoms with van der Waals surface area (Å²) in [7, 11) is 2.19. The van der Waals surface area contributed by atoms with Gasteiger partial charge in [0.15, 0.2) is 0 Å². The van der Waals surface area contributed by atoms with E-state index in [0.717, 1.165) is 90.0 Å². The van der Waals surface area contributed by atoms with Crippen LogP contribution >= 0.6 is 0 Å². The summed E-state index contributed by atoms with van der Waals surface area (Å²) in [5.74, 6) is 0.616. The molecule has 0 bridgehead atoms. The molecule has 0 spiro atoms. The minimum Gasteiger partial charge on any atom is -0.465 e. The highest BCUT2D eigenvalue weighted by atomic mass is 16.5. The maximum Gasteiger partial charge on any atom is 0.308 e. The topological polar surface area (TPSA) is 76.1 Å². The largest absolute Gasteiger partial charge is 0.465 e. The van der Waals surface area contributed by atoms with Gasteiger partial charge in [-0.2, -0.15) is 0 Å². The van der Waals surface area contributed by atoms with Gasteiger partial charge in [0.05, 0.1) is 25.0 Å². The van der Waals surface area contributed by atoms with E-state index in [9.17, 15) is 14.7 Å².